The molecule has 8 nitrogen and oxygen atoms in total. The molecule has 0 radical (unpaired) electrons. The van der Waals surface area contributed by atoms with E-state index in [1.165, 1.54) is 11.6 Å². The van der Waals surface area contributed by atoms with E-state index in [0.29, 0.717) is 19.8 Å². The lowest BCUT2D eigenvalue weighted by Crippen LogP contribution is -2.55. The quantitative estimate of drug-likeness (QED) is 0.806. The Balaban J connectivity index is 2.33. The number of hydrogen-bond donors (Lipinski definition) is 1. The largest absolute Gasteiger partial charge is 0.379 e. The highest BCUT2D eigenvalue weighted by Gasteiger charge is 2.31. The summed E-state index contributed by atoms with van der Waals surface area (Å²) in [6, 6.07) is 1.92. The van der Waals surface area contributed by atoms with Crippen molar-refractivity contribution in [2.75, 3.05) is 38.2 Å². The molecule has 1 fully saturated rings. The van der Waals surface area contributed by atoms with E-state index in [1.54, 1.807) is 7.05 Å². The van der Waals surface area contributed by atoms with Gasteiger partial charge in [-0.05, 0) is 13.3 Å². The zero-order valence-electron chi connectivity index (χ0n) is 14.8. The first kappa shape index (κ1) is 18.2. The Bertz CT molecular complexity index is 755. The fourth-order valence-corrected chi connectivity index (χ4v) is 2.99. The summed E-state index contributed by atoms with van der Waals surface area (Å²) in [4.78, 5) is 26.6. The highest BCUT2D eigenvalue weighted by atomic mass is 16.5. The molecule has 132 valence electrons. The number of hydrogen-bond acceptors (Lipinski definition) is 6. The standard InChI is InChI=1S/C16H25N5O3/c1-5-16(2,21-6-8-24-9-7-21)11-18-13-12(10-17)14(22)20(4)15(23)19(13)3/h18H,5-9,11H2,1-4H3/t16-/m0/s1. The molecule has 1 aliphatic rings. The first-order valence-electron chi connectivity index (χ1n) is 8.12. The zero-order valence-corrected chi connectivity index (χ0v) is 14.8. The number of nitrogens with zero attached hydrogens (tertiary/aromatic N) is 4. The molecule has 0 aliphatic carbocycles. The van der Waals surface area contributed by atoms with Gasteiger partial charge in [-0.3, -0.25) is 18.8 Å². The van der Waals surface area contributed by atoms with E-state index in [1.807, 2.05) is 6.07 Å². The number of nitriles is 1. The Morgan fingerprint density at radius 1 is 1.25 bits per heavy atom. The van der Waals surface area contributed by atoms with Crippen LogP contribution in [0.25, 0.3) is 0 Å². The summed E-state index contributed by atoms with van der Waals surface area (Å²) in [6.45, 7) is 7.84. The third-order valence-electron chi connectivity index (χ3n) is 4.95. The lowest BCUT2D eigenvalue weighted by molar-refractivity contribution is -0.0132. The Morgan fingerprint density at radius 2 is 1.88 bits per heavy atom. The summed E-state index contributed by atoms with van der Waals surface area (Å²) < 4.78 is 7.67. The molecule has 1 aromatic rings. The van der Waals surface area contributed by atoms with Gasteiger partial charge in [0.15, 0.2) is 5.56 Å². The van der Waals surface area contributed by atoms with Crippen molar-refractivity contribution >= 4 is 5.82 Å². The van der Waals surface area contributed by atoms with E-state index in [0.717, 1.165) is 24.1 Å². The molecule has 0 spiro atoms. The fourth-order valence-electron chi connectivity index (χ4n) is 2.99. The third-order valence-corrected chi connectivity index (χ3v) is 4.95. The van der Waals surface area contributed by atoms with Gasteiger partial charge in [0.25, 0.3) is 5.56 Å². The van der Waals surface area contributed by atoms with Gasteiger partial charge >= 0.3 is 5.69 Å². The molecule has 8 heteroatoms. The summed E-state index contributed by atoms with van der Waals surface area (Å²) in [6.07, 6.45) is 0.890. The summed E-state index contributed by atoms with van der Waals surface area (Å²) in [5.41, 5.74) is -1.23. The number of anilines is 1. The highest BCUT2D eigenvalue weighted by Crippen LogP contribution is 2.22. The summed E-state index contributed by atoms with van der Waals surface area (Å²) in [5.74, 6) is 0.276. The SMILES string of the molecule is CC[C@@](C)(CNc1c(C#N)c(=O)n(C)c(=O)n1C)N1CCOCC1. The monoisotopic (exact) mass is 335 g/mol. The predicted molar refractivity (Wildman–Crippen MR) is 91.2 cm³/mol. The maximum atomic E-state index is 12.1. The Morgan fingerprint density at radius 3 is 2.42 bits per heavy atom. The van der Waals surface area contributed by atoms with Crippen LogP contribution in [0.1, 0.15) is 25.8 Å². The van der Waals surface area contributed by atoms with Gasteiger partial charge in [0.1, 0.15) is 11.9 Å². The molecule has 2 rings (SSSR count). The van der Waals surface area contributed by atoms with Crippen LogP contribution in [0.5, 0.6) is 0 Å². The van der Waals surface area contributed by atoms with E-state index < -0.39 is 11.2 Å². The minimum atomic E-state index is -0.576. The summed E-state index contributed by atoms with van der Waals surface area (Å²) in [7, 11) is 2.93. The van der Waals surface area contributed by atoms with Crippen LogP contribution in [0.15, 0.2) is 9.59 Å². The van der Waals surface area contributed by atoms with Gasteiger partial charge < -0.3 is 10.1 Å². The smallest absolute Gasteiger partial charge is 0.332 e. The molecule has 0 saturated carbocycles. The van der Waals surface area contributed by atoms with E-state index >= 15 is 0 Å². The molecular formula is C16H25N5O3. The van der Waals surface area contributed by atoms with Crippen molar-refractivity contribution in [2.45, 2.75) is 25.8 Å². The van der Waals surface area contributed by atoms with Crippen LogP contribution in [0.2, 0.25) is 0 Å². The second kappa shape index (κ2) is 7.20. The van der Waals surface area contributed by atoms with Gasteiger partial charge in [-0.1, -0.05) is 6.92 Å². The van der Waals surface area contributed by atoms with E-state index in [-0.39, 0.29) is 16.9 Å². The molecular weight excluding hydrogens is 310 g/mol. The normalized spacial score (nSPS) is 18.0. The van der Waals surface area contributed by atoms with E-state index in [9.17, 15) is 14.9 Å². The van der Waals surface area contributed by atoms with Crippen LogP contribution in [0.4, 0.5) is 5.82 Å². The molecule has 0 unspecified atom stereocenters. The Labute approximate surface area is 141 Å². The van der Waals surface area contributed by atoms with Crippen molar-refractivity contribution in [1.29, 1.82) is 5.26 Å². The molecule has 1 N–H and O–H groups in total. The minimum Gasteiger partial charge on any atom is -0.379 e. The molecule has 1 saturated heterocycles. The Kier molecular flexibility index (Phi) is 5.47. The molecule has 0 aromatic carbocycles. The molecule has 2 heterocycles. The van der Waals surface area contributed by atoms with Crippen molar-refractivity contribution in [3.05, 3.63) is 26.4 Å². The Hall–Kier alpha value is -2.11. The first-order valence-corrected chi connectivity index (χ1v) is 8.12. The van der Waals surface area contributed by atoms with Crippen molar-refractivity contribution < 1.29 is 4.74 Å². The average molecular weight is 335 g/mol. The van der Waals surface area contributed by atoms with Gasteiger partial charge in [-0.15, -0.1) is 0 Å². The molecule has 1 atom stereocenters. The second-order valence-electron chi connectivity index (χ2n) is 6.34. The highest BCUT2D eigenvalue weighted by molar-refractivity contribution is 5.51. The lowest BCUT2D eigenvalue weighted by atomic mass is 9.95. The maximum Gasteiger partial charge on any atom is 0.332 e. The lowest BCUT2D eigenvalue weighted by Gasteiger charge is -2.43. The van der Waals surface area contributed by atoms with Crippen molar-refractivity contribution in [3.63, 3.8) is 0 Å². The summed E-state index contributed by atoms with van der Waals surface area (Å²) in [5, 5.41) is 12.5. The second-order valence-corrected chi connectivity index (χ2v) is 6.34. The van der Waals surface area contributed by atoms with E-state index in [2.05, 4.69) is 24.1 Å². The van der Waals surface area contributed by atoms with Gasteiger partial charge in [-0.25, -0.2) is 4.79 Å². The van der Waals surface area contributed by atoms with Gasteiger partial charge in [0.2, 0.25) is 0 Å². The number of morpholine rings is 1. The summed E-state index contributed by atoms with van der Waals surface area (Å²) >= 11 is 0. The topological polar surface area (TPSA) is 92.3 Å². The van der Waals surface area contributed by atoms with Crippen LogP contribution >= 0.6 is 0 Å². The molecule has 1 aliphatic heterocycles. The van der Waals surface area contributed by atoms with Crippen LogP contribution in [-0.4, -0.2) is 52.4 Å². The first-order chi connectivity index (χ1) is 11.4. The zero-order chi connectivity index (χ0) is 17.9. The third kappa shape index (κ3) is 3.23. The molecule has 1 aromatic heterocycles. The van der Waals surface area contributed by atoms with E-state index in [4.69, 9.17) is 4.74 Å². The van der Waals surface area contributed by atoms with Crippen molar-refractivity contribution in [1.82, 2.24) is 14.0 Å². The van der Waals surface area contributed by atoms with Crippen LogP contribution in [0, 0.1) is 11.3 Å². The molecule has 24 heavy (non-hydrogen) atoms. The average Bonchev–Trinajstić information content (AvgIpc) is 2.62. The number of nitrogens with one attached hydrogen (secondary N) is 1. The van der Waals surface area contributed by atoms with Crippen molar-refractivity contribution in [3.8, 4) is 6.07 Å². The molecule has 0 bridgehead atoms. The number of rotatable bonds is 5. The van der Waals surface area contributed by atoms with Gasteiger partial charge in [0, 0.05) is 39.3 Å². The minimum absolute atomic E-state index is 0.0416. The predicted octanol–water partition coefficient (Wildman–Crippen LogP) is -0.132. The number of aromatic nitrogens is 2. The molecule has 0 amide bonds. The fraction of sp³-hybridized carbons (Fsp3) is 0.688. The maximum absolute atomic E-state index is 12.1. The van der Waals surface area contributed by atoms with Crippen LogP contribution < -0.4 is 16.6 Å². The van der Waals surface area contributed by atoms with Crippen LogP contribution in [-0.2, 0) is 18.8 Å². The number of ether oxygens (including phenoxy) is 1. The van der Waals surface area contributed by atoms with Gasteiger partial charge in [0.05, 0.1) is 13.2 Å². The van der Waals surface area contributed by atoms with Crippen LogP contribution in [0.3, 0.4) is 0 Å². The van der Waals surface area contributed by atoms with Crippen molar-refractivity contribution in [2.24, 2.45) is 14.1 Å². The van der Waals surface area contributed by atoms with Gasteiger partial charge in [-0.2, -0.15) is 5.26 Å².